The fourth-order valence-electron chi connectivity index (χ4n) is 4.45. The average molecular weight is 471 g/mol. The number of carbonyl (C=O) groups is 2. The number of aliphatic imine (C=N–C) groups is 1. The maximum Gasteiger partial charge on any atom is 0.251 e. The minimum Gasteiger partial charge on any atom is -0.355 e. The summed E-state index contributed by atoms with van der Waals surface area (Å²) in [7, 11) is 3.14. The van der Waals surface area contributed by atoms with Gasteiger partial charge in [0.2, 0.25) is 0 Å². The minimum absolute atomic E-state index is 0.0919. The molecule has 0 saturated carbocycles. The fraction of sp³-hybridized carbons (Fsp3) is 0.375. The summed E-state index contributed by atoms with van der Waals surface area (Å²) in [6.45, 7) is 0.533. The lowest BCUT2D eigenvalue weighted by Gasteiger charge is -2.42. The Kier molecular flexibility index (Phi) is 6.76. The Morgan fingerprint density at radius 3 is 2.44 bits per heavy atom. The number of nitrogens with zero attached hydrogens (tertiary/aromatic N) is 1. The smallest absolute Gasteiger partial charge is 0.251 e. The second kappa shape index (κ2) is 9.55. The second-order valence-electron chi connectivity index (χ2n) is 8.20. The molecule has 4 rings (SSSR count). The van der Waals surface area contributed by atoms with Gasteiger partial charge in [-0.05, 0) is 66.2 Å². The lowest BCUT2D eigenvalue weighted by atomic mass is 9.72. The first-order valence-corrected chi connectivity index (χ1v) is 12.2. The molecule has 2 aromatic carbocycles. The van der Waals surface area contributed by atoms with Gasteiger partial charge in [0, 0.05) is 30.2 Å². The molecule has 1 fully saturated rings. The highest BCUT2D eigenvalue weighted by Gasteiger charge is 2.42. The number of nitrogens with one attached hydrogen (secondary N) is 3. The van der Waals surface area contributed by atoms with Gasteiger partial charge in [-0.25, -0.2) is 0 Å². The Morgan fingerprint density at radius 1 is 1.09 bits per heavy atom. The largest absolute Gasteiger partial charge is 0.355 e. The molecular weight excluding hydrogens is 444 g/mol. The van der Waals surface area contributed by atoms with Gasteiger partial charge in [0.1, 0.15) is 5.84 Å². The topological polar surface area (TPSA) is 82.6 Å². The van der Waals surface area contributed by atoms with Gasteiger partial charge in [0.25, 0.3) is 11.8 Å². The predicted octanol–water partition coefficient (Wildman–Crippen LogP) is 4.14. The van der Waals surface area contributed by atoms with E-state index in [4.69, 9.17) is 16.6 Å². The molecule has 2 amide bonds. The van der Waals surface area contributed by atoms with Crippen LogP contribution >= 0.6 is 23.4 Å². The maximum atomic E-state index is 12.5. The van der Waals surface area contributed by atoms with Gasteiger partial charge in [-0.3, -0.25) is 14.6 Å². The van der Waals surface area contributed by atoms with Gasteiger partial charge in [-0.1, -0.05) is 23.7 Å². The van der Waals surface area contributed by atoms with E-state index in [0.29, 0.717) is 22.7 Å². The van der Waals surface area contributed by atoms with Crippen LogP contribution in [0.1, 0.15) is 44.7 Å². The molecule has 2 aliphatic heterocycles. The fourth-order valence-corrected chi connectivity index (χ4v) is 5.94. The van der Waals surface area contributed by atoms with Crippen LogP contribution in [-0.2, 0) is 13.0 Å². The van der Waals surface area contributed by atoms with Crippen molar-refractivity contribution in [2.24, 2.45) is 10.4 Å². The molecule has 32 heavy (non-hydrogen) atoms. The quantitative estimate of drug-likeness (QED) is 0.627. The third kappa shape index (κ3) is 4.50. The molecule has 2 aromatic rings. The van der Waals surface area contributed by atoms with Crippen molar-refractivity contribution in [1.82, 2.24) is 10.6 Å². The number of rotatable bonds is 4. The molecule has 1 spiro atoms. The highest BCUT2D eigenvalue weighted by molar-refractivity contribution is 7.99. The number of halogens is 1. The zero-order valence-corrected chi connectivity index (χ0v) is 19.8. The van der Waals surface area contributed by atoms with Crippen LogP contribution in [0.5, 0.6) is 0 Å². The van der Waals surface area contributed by atoms with Crippen LogP contribution in [0.3, 0.4) is 0 Å². The number of fused-ring (bicyclic) bond motifs is 1. The van der Waals surface area contributed by atoms with Crippen molar-refractivity contribution >= 4 is 46.7 Å². The zero-order valence-electron chi connectivity index (χ0n) is 18.3. The van der Waals surface area contributed by atoms with E-state index in [9.17, 15) is 9.59 Å². The predicted molar refractivity (Wildman–Crippen MR) is 132 cm³/mol. The van der Waals surface area contributed by atoms with Gasteiger partial charge >= 0.3 is 0 Å². The molecule has 3 N–H and O–H groups in total. The summed E-state index contributed by atoms with van der Waals surface area (Å²) in [4.78, 5) is 30.0. The van der Waals surface area contributed by atoms with E-state index >= 15 is 0 Å². The van der Waals surface area contributed by atoms with Crippen LogP contribution < -0.4 is 16.0 Å². The van der Waals surface area contributed by atoms with Crippen LogP contribution in [-0.4, -0.2) is 43.3 Å². The molecule has 6 nitrogen and oxygen atoms in total. The summed E-state index contributed by atoms with van der Waals surface area (Å²) in [5.74, 6) is 2.55. The van der Waals surface area contributed by atoms with Gasteiger partial charge < -0.3 is 16.0 Å². The first kappa shape index (κ1) is 22.7. The lowest BCUT2D eigenvalue weighted by Crippen LogP contribution is -2.45. The molecule has 1 saturated heterocycles. The van der Waals surface area contributed by atoms with Gasteiger partial charge in [0.05, 0.1) is 17.7 Å². The number of amides is 2. The van der Waals surface area contributed by atoms with E-state index in [2.05, 4.69) is 16.0 Å². The number of thioether (sulfide) groups is 1. The number of benzene rings is 2. The van der Waals surface area contributed by atoms with Crippen molar-refractivity contribution in [3.8, 4) is 0 Å². The van der Waals surface area contributed by atoms with Crippen molar-refractivity contribution in [3.05, 3.63) is 63.7 Å². The molecule has 0 bridgehead atoms. The number of amidine groups is 1. The summed E-state index contributed by atoms with van der Waals surface area (Å²) < 4.78 is 0. The van der Waals surface area contributed by atoms with Crippen molar-refractivity contribution in [3.63, 3.8) is 0 Å². The standard InChI is InChI=1S/C24H27ClN4O2S/c1-26-21(30)18-11-16-13-24(6-8-32-9-7-24)23(28-14-15-4-3-5-17(25)10-15)29-20(16)12-19(18)22(31)27-2/h3-5,10-12H,6-9,13-14H2,1-2H3,(H,26,30)(H,27,31)(H,28,29). The monoisotopic (exact) mass is 470 g/mol. The zero-order chi connectivity index (χ0) is 22.7. The van der Waals surface area contributed by atoms with E-state index in [0.717, 1.165) is 53.4 Å². The van der Waals surface area contributed by atoms with Gasteiger partial charge in [0.15, 0.2) is 0 Å². The summed E-state index contributed by atoms with van der Waals surface area (Å²) in [5.41, 5.74) is 3.59. The van der Waals surface area contributed by atoms with Crippen LogP contribution in [0.4, 0.5) is 5.69 Å². The number of hydrogen-bond donors (Lipinski definition) is 3. The van der Waals surface area contributed by atoms with Crippen molar-refractivity contribution in [1.29, 1.82) is 0 Å². The Balaban J connectivity index is 1.76. The van der Waals surface area contributed by atoms with Crippen LogP contribution in [0.15, 0.2) is 41.4 Å². The molecule has 8 heteroatoms. The van der Waals surface area contributed by atoms with E-state index in [1.54, 1.807) is 20.2 Å². The number of carbonyl (C=O) groups excluding carboxylic acids is 2. The first-order chi connectivity index (χ1) is 15.5. The molecule has 0 atom stereocenters. The molecule has 0 radical (unpaired) electrons. The van der Waals surface area contributed by atoms with Crippen LogP contribution in [0.2, 0.25) is 5.02 Å². The highest BCUT2D eigenvalue weighted by atomic mass is 35.5. The van der Waals surface area contributed by atoms with Gasteiger partial charge in [-0.2, -0.15) is 11.8 Å². The lowest BCUT2D eigenvalue weighted by molar-refractivity contribution is 0.0929. The molecule has 0 aromatic heterocycles. The number of anilines is 1. The minimum atomic E-state index is -0.292. The third-order valence-corrected chi connectivity index (χ3v) is 7.45. The van der Waals surface area contributed by atoms with Crippen LogP contribution in [0.25, 0.3) is 0 Å². The Bertz CT molecular complexity index is 1080. The van der Waals surface area contributed by atoms with Crippen molar-refractivity contribution in [2.75, 3.05) is 30.9 Å². The molecule has 2 aliphatic rings. The maximum absolute atomic E-state index is 12.5. The normalized spacial score (nSPS) is 18.0. The van der Waals surface area contributed by atoms with E-state index in [-0.39, 0.29) is 17.2 Å². The Morgan fingerprint density at radius 2 is 1.78 bits per heavy atom. The Labute approximate surface area is 197 Å². The van der Waals surface area contributed by atoms with Crippen molar-refractivity contribution in [2.45, 2.75) is 25.8 Å². The first-order valence-electron chi connectivity index (χ1n) is 10.7. The van der Waals surface area contributed by atoms with E-state index in [1.165, 1.54) is 0 Å². The van der Waals surface area contributed by atoms with E-state index < -0.39 is 0 Å². The summed E-state index contributed by atoms with van der Waals surface area (Å²) >= 11 is 8.12. The third-order valence-electron chi connectivity index (χ3n) is 6.23. The van der Waals surface area contributed by atoms with Gasteiger partial charge in [-0.15, -0.1) is 0 Å². The number of hydrogen-bond acceptors (Lipinski definition) is 4. The van der Waals surface area contributed by atoms with Crippen LogP contribution in [0, 0.1) is 5.41 Å². The average Bonchev–Trinajstić information content (AvgIpc) is 2.81. The molecule has 2 heterocycles. The molecule has 0 aliphatic carbocycles. The molecular formula is C24H27ClN4O2S. The highest BCUT2D eigenvalue weighted by Crippen LogP contribution is 2.44. The summed E-state index contributed by atoms with van der Waals surface area (Å²) in [6, 6.07) is 11.4. The summed E-state index contributed by atoms with van der Waals surface area (Å²) in [5, 5.41) is 9.53. The van der Waals surface area contributed by atoms with E-state index in [1.807, 2.05) is 42.1 Å². The van der Waals surface area contributed by atoms with Crippen molar-refractivity contribution < 1.29 is 9.59 Å². The Hall–Kier alpha value is -2.51. The SMILES string of the molecule is CNC(=O)c1cc2c(cc1C(=O)NC)NC(=NCc1cccc(Cl)c1)C1(CCSCC1)C2. The molecule has 168 valence electrons. The second-order valence-corrected chi connectivity index (χ2v) is 9.86. The summed E-state index contributed by atoms with van der Waals surface area (Å²) in [6.07, 6.45) is 2.83. The molecule has 0 unspecified atom stereocenters.